The fourth-order valence-corrected chi connectivity index (χ4v) is 1.93. The first-order valence-electron chi connectivity index (χ1n) is 6.54. The molecule has 0 unspecified atom stereocenters. The van der Waals surface area contributed by atoms with Crippen LogP contribution in [0.25, 0.3) is 0 Å². The Bertz CT molecular complexity index is 544. The molecule has 0 saturated carbocycles. The lowest BCUT2D eigenvalue weighted by Gasteiger charge is -2.10. The number of halogens is 1. The van der Waals surface area contributed by atoms with Gasteiger partial charge >= 0.3 is 0 Å². The zero-order valence-electron chi connectivity index (χ0n) is 11.6. The largest absolute Gasteiger partial charge is 0.489 e. The first-order valence-corrected chi connectivity index (χ1v) is 6.54. The van der Waals surface area contributed by atoms with Crippen molar-refractivity contribution in [2.75, 3.05) is 0 Å². The Morgan fingerprint density at radius 3 is 2.32 bits per heavy atom. The fraction of sp³-hybridized carbons (Fsp3) is 0.294. The van der Waals surface area contributed by atoms with Crippen LogP contribution in [0.5, 0.6) is 5.75 Å². The number of rotatable bonds is 4. The van der Waals surface area contributed by atoms with E-state index in [9.17, 15) is 4.39 Å². The summed E-state index contributed by atoms with van der Waals surface area (Å²) in [5.74, 6) is 1.04. The van der Waals surface area contributed by atoms with Crippen molar-refractivity contribution in [1.29, 1.82) is 0 Å². The van der Waals surface area contributed by atoms with Gasteiger partial charge in [0.05, 0.1) is 0 Å². The third-order valence-electron chi connectivity index (χ3n) is 3.18. The lowest BCUT2D eigenvalue weighted by atomic mass is 10.0. The van der Waals surface area contributed by atoms with E-state index in [0.29, 0.717) is 12.5 Å². The van der Waals surface area contributed by atoms with Crippen LogP contribution in [0, 0.1) is 12.7 Å². The second-order valence-electron chi connectivity index (χ2n) is 5.09. The molecule has 1 nitrogen and oxygen atoms in total. The monoisotopic (exact) mass is 258 g/mol. The molecule has 0 aliphatic carbocycles. The third-order valence-corrected chi connectivity index (χ3v) is 3.18. The van der Waals surface area contributed by atoms with E-state index in [1.165, 1.54) is 17.7 Å². The summed E-state index contributed by atoms with van der Waals surface area (Å²) >= 11 is 0. The number of hydrogen-bond donors (Lipinski definition) is 0. The molecule has 0 atom stereocenters. The summed E-state index contributed by atoms with van der Waals surface area (Å²) in [4.78, 5) is 0. The van der Waals surface area contributed by atoms with Gasteiger partial charge in [-0.1, -0.05) is 38.1 Å². The van der Waals surface area contributed by atoms with Gasteiger partial charge in [-0.3, -0.25) is 0 Å². The van der Waals surface area contributed by atoms with Crippen LogP contribution in [0.4, 0.5) is 4.39 Å². The number of ether oxygens (including phenoxy) is 1. The molecule has 2 rings (SSSR count). The molecule has 0 fully saturated rings. The van der Waals surface area contributed by atoms with Gasteiger partial charge in [0.2, 0.25) is 0 Å². The Balaban J connectivity index is 2.02. The molecule has 0 aliphatic heterocycles. The van der Waals surface area contributed by atoms with Gasteiger partial charge in [0.15, 0.2) is 0 Å². The number of hydrogen-bond acceptors (Lipinski definition) is 1. The molecular weight excluding hydrogens is 239 g/mol. The summed E-state index contributed by atoms with van der Waals surface area (Å²) in [6, 6.07) is 13.0. The van der Waals surface area contributed by atoms with E-state index in [1.54, 1.807) is 6.07 Å². The highest BCUT2D eigenvalue weighted by Gasteiger charge is 2.03. The minimum Gasteiger partial charge on any atom is -0.489 e. The standard InChI is InChI=1S/C17H19FO/c1-12(2)15-6-4-14(5-7-15)11-19-17-9-8-16(18)10-13(17)3/h4-10,12H,11H2,1-3H3. The minimum atomic E-state index is -0.230. The lowest BCUT2D eigenvalue weighted by molar-refractivity contribution is 0.303. The van der Waals surface area contributed by atoms with Gasteiger partial charge in [-0.05, 0) is 47.7 Å². The van der Waals surface area contributed by atoms with Gasteiger partial charge < -0.3 is 4.74 Å². The SMILES string of the molecule is Cc1cc(F)ccc1OCc1ccc(C(C)C)cc1. The second-order valence-corrected chi connectivity index (χ2v) is 5.09. The van der Waals surface area contributed by atoms with E-state index in [0.717, 1.165) is 16.9 Å². The highest BCUT2D eigenvalue weighted by atomic mass is 19.1. The Kier molecular flexibility index (Phi) is 4.20. The Hall–Kier alpha value is -1.83. The van der Waals surface area contributed by atoms with Crippen LogP contribution in [-0.4, -0.2) is 0 Å². The topological polar surface area (TPSA) is 9.23 Å². The average molecular weight is 258 g/mol. The molecular formula is C17H19FO. The second kappa shape index (κ2) is 5.87. The molecule has 0 radical (unpaired) electrons. The van der Waals surface area contributed by atoms with E-state index in [1.807, 2.05) is 6.92 Å². The number of benzene rings is 2. The predicted molar refractivity (Wildman–Crippen MR) is 76.0 cm³/mol. The summed E-state index contributed by atoms with van der Waals surface area (Å²) in [7, 11) is 0. The molecule has 2 aromatic rings. The van der Waals surface area contributed by atoms with Crippen LogP contribution in [-0.2, 0) is 6.61 Å². The minimum absolute atomic E-state index is 0.230. The summed E-state index contributed by atoms with van der Waals surface area (Å²) in [5.41, 5.74) is 3.26. The highest BCUT2D eigenvalue weighted by molar-refractivity contribution is 5.33. The van der Waals surface area contributed by atoms with Crippen LogP contribution in [0.2, 0.25) is 0 Å². The van der Waals surface area contributed by atoms with E-state index >= 15 is 0 Å². The lowest BCUT2D eigenvalue weighted by Crippen LogP contribution is -1.98. The molecule has 0 N–H and O–H groups in total. The molecule has 2 aromatic carbocycles. The van der Waals surface area contributed by atoms with Gasteiger partial charge in [0, 0.05) is 0 Å². The molecule has 100 valence electrons. The Labute approximate surface area is 114 Å². The smallest absolute Gasteiger partial charge is 0.123 e. The summed E-state index contributed by atoms with van der Waals surface area (Å²) in [5, 5.41) is 0. The van der Waals surface area contributed by atoms with Gasteiger partial charge in [0.1, 0.15) is 18.2 Å². The third kappa shape index (κ3) is 3.57. The summed E-state index contributed by atoms with van der Waals surface area (Å²) in [6.07, 6.45) is 0. The van der Waals surface area contributed by atoms with Crippen molar-refractivity contribution in [2.45, 2.75) is 33.3 Å². The van der Waals surface area contributed by atoms with Crippen molar-refractivity contribution >= 4 is 0 Å². The molecule has 2 heteroatoms. The molecule has 0 aromatic heterocycles. The van der Waals surface area contributed by atoms with Gasteiger partial charge in [0.25, 0.3) is 0 Å². The van der Waals surface area contributed by atoms with Crippen LogP contribution in [0.3, 0.4) is 0 Å². The van der Waals surface area contributed by atoms with Crippen LogP contribution in [0.15, 0.2) is 42.5 Å². The van der Waals surface area contributed by atoms with Crippen molar-refractivity contribution in [3.8, 4) is 5.75 Å². The van der Waals surface area contributed by atoms with E-state index in [2.05, 4.69) is 38.1 Å². The van der Waals surface area contributed by atoms with Gasteiger partial charge in [-0.15, -0.1) is 0 Å². The van der Waals surface area contributed by atoms with Crippen molar-refractivity contribution in [2.24, 2.45) is 0 Å². The number of aryl methyl sites for hydroxylation is 1. The maximum atomic E-state index is 13.0. The predicted octanol–water partition coefficient (Wildman–Crippen LogP) is 4.84. The summed E-state index contributed by atoms with van der Waals surface area (Å²) < 4.78 is 18.7. The fourth-order valence-electron chi connectivity index (χ4n) is 1.93. The molecule has 0 amide bonds. The molecule has 0 bridgehead atoms. The molecule has 0 saturated heterocycles. The van der Waals surface area contributed by atoms with E-state index < -0.39 is 0 Å². The van der Waals surface area contributed by atoms with Crippen molar-refractivity contribution in [1.82, 2.24) is 0 Å². The molecule has 0 aliphatic rings. The zero-order chi connectivity index (χ0) is 13.8. The van der Waals surface area contributed by atoms with Crippen molar-refractivity contribution in [3.05, 3.63) is 65.0 Å². The van der Waals surface area contributed by atoms with Gasteiger partial charge in [-0.25, -0.2) is 4.39 Å². The Morgan fingerprint density at radius 1 is 1.05 bits per heavy atom. The van der Waals surface area contributed by atoms with E-state index in [-0.39, 0.29) is 5.82 Å². The van der Waals surface area contributed by atoms with Crippen molar-refractivity contribution < 1.29 is 9.13 Å². The summed E-state index contributed by atoms with van der Waals surface area (Å²) in [6.45, 7) is 6.70. The van der Waals surface area contributed by atoms with Crippen LogP contribution >= 0.6 is 0 Å². The first-order chi connectivity index (χ1) is 9.06. The quantitative estimate of drug-likeness (QED) is 0.762. The zero-order valence-corrected chi connectivity index (χ0v) is 11.6. The van der Waals surface area contributed by atoms with Crippen LogP contribution in [0.1, 0.15) is 36.5 Å². The molecule has 0 heterocycles. The maximum absolute atomic E-state index is 13.0. The van der Waals surface area contributed by atoms with E-state index in [4.69, 9.17) is 4.74 Å². The highest BCUT2D eigenvalue weighted by Crippen LogP contribution is 2.20. The maximum Gasteiger partial charge on any atom is 0.123 e. The molecule has 0 spiro atoms. The van der Waals surface area contributed by atoms with Crippen molar-refractivity contribution in [3.63, 3.8) is 0 Å². The Morgan fingerprint density at radius 2 is 1.74 bits per heavy atom. The van der Waals surface area contributed by atoms with Crippen LogP contribution < -0.4 is 4.74 Å². The van der Waals surface area contributed by atoms with Gasteiger partial charge in [-0.2, -0.15) is 0 Å². The average Bonchev–Trinajstić information content (AvgIpc) is 2.38. The normalized spacial score (nSPS) is 10.8. The first kappa shape index (κ1) is 13.6. The molecule has 19 heavy (non-hydrogen) atoms.